The van der Waals surface area contributed by atoms with Gasteiger partial charge in [-0.25, -0.2) is 13.8 Å². The molecule has 3 aromatic rings. The summed E-state index contributed by atoms with van der Waals surface area (Å²) in [6.45, 7) is 0.431. The second-order valence-electron chi connectivity index (χ2n) is 6.79. The number of nitriles is 1. The van der Waals surface area contributed by atoms with E-state index < -0.39 is 5.82 Å². The second kappa shape index (κ2) is 7.27. The van der Waals surface area contributed by atoms with Crippen LogP contribution in [-0.4, -0.2) is 26.7 Å². The lowest BCUT2D eigenvalue weighted by atomic mass is 9.66. The Labute approximate surface area is 160 Å². The molecular formula is C20H16F2N6. The van der Waals surface area contributed by atoms with Crippen LogP contribution in [0.1, 0.15) is 30.5 Å². The molecular weight excluding hydrogens is 362 g/mol. The van der Waals surface area contributed by atoms with Crippen molar-refractivity contribution >= 4 is 5.95 Å². The highest BCUT2D eigenvalue weighted by molar-refractivity contribution is 5.61. The van der Waals surface area contributed by atoms with E-state index in [-0.39, 0.29) is 28.4 Å². The van der Waals surface area contributed by atoms with Gasteiger partial charge in [-0.1, -0.05) is 6.42 Å². The summed E-state index contributed by atoms with van der Waals surface area (Å²) in [5, 5.41) is 20.1. The maximum atomic E-state index is 14.2. The first-order chi connectivity index (χ1) is 13.6. The van der Waals surface area contributed by atoms with E-state index in [4.69, 9.17) is 5.26 Å². The number of halogens is 2. The van der Waals surface area contributed by atoms with Gasteiger partial charge in [-0.3, -0.25) is 4.98 Å². The molecule has 1 N–H and O–H groups in total. The molecule has 1 fully saturated rings. The van der Waals surface area contributed by atoms with Crippen LogP contribution < -0.4 is 5.32 Å². The summed E-state index contributed by atoms with van der Waals surface area (Å²) >= 11 is 0. The molecule has 1 aliphatic carbocycles. The number of anilines is 1. The van der Waals surface area contributed by atoms with E-state index in [1.54, 1.807) is 12.3 Å². The number of rotatable bonds is 5. The highest BCUT2D eigenvalue weighted by Crippen LogP contribution is 2.43. The minimum absolute atomic E-state index is 0.164. The number of nitrogens with one attached hydrogen (secondary N) is 1. The summed E-state index contributed by atoms with van der Waals surface area (Å²) in [5.41, 5.74) is 0.782. The molecule has 2 aromatic heterocycles. The Morgan fingerprint density at radius 3 is 2.61 bits per heavy atom. The highest BCUT2D eigenvalue weighted by atomic mass is 19.1. The zero-order valence-corrected chi connectivity index (χ0v) is 14.9. The molecule has 0 saturated heterocycles. The van der Waals surface area contributed by atoms with Gasteiger partial charge in [0.2, 0.25) is 5.95 Å². The van der Waals surface area contributed by atoms with Gasteiger partial charge in [0, 0.05) is 23.7 Å². The van der Waals surface area contributed by atoms with Gasteiger partial charge in [0.1, 0.15) is 17.3 Å². The Hall–Kier alpha value is -3.47. The molecule has 0 amide bonds. The summed E-state index contributed by atoms with van der Waals surface area (Å²) in [6.07, 6.45) is 5.64. The molecule has 0 aliphatic heterocycles. The third-order valence-electron chi connectivity index (χ3n) is 5.09. The lowest BCUT2D eigenvalue weighted by molar-refractivity contribution is 0.243. The van der Waals surface area contributed by atoms with Gasteiger partial charge in [0.25, 0.3) is 0 Å². The van der Waals surface area contributed by atoms with Crippen molar-refractivity contribution in [2.75, 3.05) is 11.9 Å². The monoisotopic (exact) mass is 378 g/mol. The van der Waals surface area contributed by atoms with Gasteiger partial charge < -0.3 is 5.32 Å². The summed E-state index contributed by atoms with van der Waals surface area (Å²) in [7, 11) is 0. The number of nitrogens with zero attached hydrogens (tertiary/aromatic N) is 5. The second-order valence-corrected chi connectivity index (χ2v) is 6.79. The number of pyridine rings is 1. The smallest absolute Gasteiger partial charge is 0.242 e. The minimum Gasteiger partial charge on any atom is -0.352 e. The van der Waals surface area contributed by atoms with E-state index in [0.29, 0.717) is 17.8 Å². The van der Waals surface area contributed by atoms with E-state index in [9.17, 15) is 8.78 Å². The Morgan fingerprint density at radius 2 is 1.96 bits per heavy atom. The first-order valence-corrected chi connectivity index (χ1v) is 8.86. The van der Waals surface area contributed by atoms with Gasteiger partial charge in [-0.2, -0.15) is 5.26 Å². The lowest BCUT2D eigenvalue weighted by Gasteiger charge is -2.41. The van der Waals surface area contributed by atoms with Crippen LogP contribution in [0.4, 0.5) is 14.7 Å². The molecule has 0 unspecified atom stereocenters. The lowest BCUT2D eigenvalue weighted by Crippen LogP contribution is -2.42. The van der Waals surface area contributed by atoms with Crippen molar-refractivity contribution in [3.8, 4) is 17.3 Å². The first kappa shape index (κ1) is 17.9. The Morgan fingerprint density at radius 1 is 1.11 bits per heavy atom. The van der Waals surface area contributed by atoms with Crippen LogP contribution in [0.15, 0.2) is 42.7 Å². The Kier molecular flexibility index (Phi) is 4.65. The molecule has 1 aromatic carbocycles. The normalized spacial score (nSPS) is 14.8. The van der Waals surface area contributed by atoms with Crippen LogP contribution in [0.3, 0.4) is 0 Å². The summed E-state index contributed by atoms with van der Waals surface area (Å²) < 4.78 is 28.2. The molecule has 6 nitrogen and oxygen atoms in total. The topological polar surface area (TPSA) is 87.4 Å². The van der Waals surface area contributed by atoms with Crippen molar-refractivity contribution in [1.82, 2.24) is 20.2 Å². The maximum Gasteiger partial charge on any atom is 0.242 e. The van der Waals surface area contributed by atoms with E-state index in [0.717, 1.165) is 19.3 Å². The molecule has 0 radical (unpaired) electrons. The fraction of sp³-hybridized carbons (Fsp3) is 0.250. The molecule has 28 heavy (non-hydrogen) atoms. The summed E-state index contributed by atoms with van der Waals surface area (Å²) in [5.74, 6) is -0.552. The average molecular weight is 378 g/mol. The third-order valence-corrected chi connectivity index (χ3v) is 5.09. The van der Waals surface area contributed by atoms with Crippen LogP contribution >= 0.6 is 0 Å². The van der Waals surface area contributed by atoms with Gasteiger partial charge >= 0.3 is 0 Å². The summed E-state index contributed by atoms with van der Waals surface area (Å²) in [4.78, 5) is 8.41. The van der Waals surface area contributed by atoms with Crippen molar-refractivity contribution in [3.05, 3.63) is 65.6 Å². The summed E-state index contributed by atoms with van der Waals surface area (Å²) in [6, 6.07) is 8.96. The molecule has 4 rings (SSSR count). The fourth-order valence-corrected chi connectivity index (χ4v) is 3.40. The number of hydrogen-bond acceptors (Lipinski definition) is 6. The Balaban J connectivity index is 1.51. The zero-order chi connectivity index (χ0) is 19.6. The predicted molar refractivity (Wildman–Crippen MR) is 98.1 cm³/mol. The molecule has 1 aliphatic rings. The highest BCUT2D eigenvalue weighted by Gasteiger charge is 2.41. The number of hydrogen-bond donors (Lipinski definition) is 1. The van der Waals surface area contributed by atoms with Gasteiger partial charge in [0.05, 0.1) is 23.5 Å². The van der Waals surface area contributed by atoms with Crippen LogP contribution in [0.2, 0.25) is 0 Å². The zero-order valence-electron chi connectivity index (χ0n) is 14.9. The standard InChI is InChI=1S/C20H16F2N6/c21-15-5-4-13(10-23)9-14(15)17-11-25-19(28-27-17)26-12-20(6-2-7-20)18-16(22)3-1-8-24-18/h1,3-5,8-9,11H,2,6-7,12H2,(H,25,26,28). The van der Waals surface area contributed by atoms with Crippen LogP contribution in [0.25, 0.3) is 11.3 Å². The van der Waals surface area contributed by atoms with Gasteiger partial charge in [-0.05, 0) is 43.2 Å². The van der Waals surface area contributed by atoms with Crippen LogP contribution in [0, 0.1) is 23.0 Å². The van der Waals surface area contributed by atoms with Crippen LogP contribution in [-0.2, 0) is 5.41 Å². The Bertz CT molecular complexity index is 1040. The van der Waals surface area contributed by atoms with Crippen molar-refractivity contribution in [3.63, 3.8) is 0 Å². The quantitative estimate of drug-likeness (QED) is 0.730. The number of benzene rings is 1. The molecule has 1 saturated carbocycles. The first-order valence-electron chi connectivity index (χ1n) is 8.86. The maximum absolute atomic E-state index is 14.2. The SMILES string of the molecule is N#Cc1ccc(F)c(-c2cnc(NCC3(c4ncccc4F)CCC3)nn2)c1. The largest absolute Gasteiger partial charge is 0.352 e. The van der Waals surface area contributed by atoms with E-state index in [1.165, 1.54) is 30.5 Å². The molecule has 0 spiro atoms. The molecule has 0 atom stereocenters. The fourth-order valence-electron chi connectivity index (χ4n) is 3.40. The molecule has 2 heterocycles. The number of aromatic nitrogens is 4. The molecule has 8 heteroatoms. The van der Waals surface area contributed by atoms with Crippen molar-refractivity contribution in [1.29, 1.82) is 5.26 Å². The van der Waals surface area contributed by atoms with Crippen molar-refractivity contribution in [2.24, 2.45) is 0 Å². The van der Waals surface area contributed by atoms with Gasteiger partial charge in [-0.15, -0.1) is 10.2 Å². The molecule has 140 valence electrons. The van der Waals surface area contributed by atoms with Gasteiger partial charge in [0.15, 0.2) is 0 Å². The molecule has 0 bridgehead atoms. The average Bonchev–Trinajstić information content (AvgIpc) is 2.69. The van der Waals surface area contributed by atoms with E-state index in [1.807, 2.05) is 6.07 Å². The van der Waals surface area contributed by atoms with Crippen molar-refractivity contribution in [2.45, 2.75) is 24.7 Å². The minimum atomic E-state index is -0.505. The van der Waals surface area contributed by atoms with Crippen LogP contribution in [0.5, 0.6) is 0 Å². The van der Waals surface area contributed by atoms with E-state index in [2.05, 4.69) is 25.5 Å². The van der Waals surface area contributed by atoms with Crippen molar-refractivity contribution < 1.29 is 8.78 Å². The third kappa shape index (κ3) is 3.27. The van der Waals surface area contributed by atoms with E-state index >= 15 is 0 Å². The predicted octanol–water partition coefficient (Wildman–Crippen LogP) is 3.62.